The van der Waals surface area contributed by atoms with Gasteiger partial charge < -0.3 is 5.11 Å². The number of fused-ring (bicyclic) bond motifs is 5. The Morgan fingerprint density at radius 1 is 1.12 bits per heavy atom. The van der Waals surface area contributed by atoms with E-state index in [1.807, 2.05) is 13.0 Å². The lowest BCUT2D eigenvalue weighted by Gasteiger charge is -2.56. The van der Waals surface area contributed by atoms with Crippen LogP contribution in [0.2, 0.25) is 0 Å². The molecule has 2 fully saturated rings. The lowest BCUT2D eigenvalue weighted by atomic mass is 9.48. The van der Waals surface area contributed by atoms with Crippen molar-refractivity contribution in [2.24, 2.45) is 28.6 Å². The van der Waals surface area contributed by atoms with Crippen LogP contribution in [0, 0.1) is 28.6 Å². The molecule has 0 bridgehead atoms. The highest BCUT2D eigenvalue weighted by Crippen LogP contribution is 2.64. The van der Waals surface area contributed by atoms with E-state index in [9.17, 15) is 23.1 Å². The molecule has 2 nitrogen and oxygen atoms in total. The summed E-state index contributed by atoms with van der Waals surface area (Å²) in [5.41, 5.74) is -1.43. The number of halogens is 3. The molecule has 4 aliphatic carbocycles. The largest absolute Gasteiger partial charge is 0.420 e. The van der Waals surface area contributed by atoms with Gasteiger partial charge in [0.2, 0.25) is 0 Å². The zero-order valence-electron chi connectivity index (χ0n) is 14.7. The molecule has 25 heavy (non-hydrogen) atoms. The third kappa shape index (κ3) is 2.23. The van der Waals surface area contributed by atoms with Crippen molar-refractivity contribution in [1.82, 2.24) is 0 Å². The summed E-state index contributed by atoms with van der Waals surface area (Å²) in [7, 11) is 0. The van der Waals surface area contributed by atoms with Crippen LogP contribution in [0.3, 0.4) is 0 Å². The number of Topliss-reactive ketones (excluding diaryl/α,β-unsaturated/α-hetero) is 1. The standard InChI is InChI=1S/C20H25F3O2/c1-18-10-8-15(24)17(20(21,22)23)14(18)4-3-11-12-5-6-16(25)19(12,2)9-7-13(11)18/h3-4,11-13,16,25H,5-10H2,1-2H3. The van der Waals surface area contributed by atoms with E-state index in [0.717, 1.165) is 25.7 Å². The van der Waals surface area contributed by atoms with Crippen LogP contribution >= 0.6 is 0 Å². The molecule has 6 unspecified atom stereocenters. The second-order valence-corrected chi connectivity index (χ2v) is 8.91. The summed E-state index contributed by atoms with van der Waals surface area (Å²) in [5.74, 6) is -0.114. The maximum atomic E-state index is 13.5. The molecule has 0 heterocycles. The van der Waals surface area contributed by atoms with E-state index >= 15 is 0 Å². The number of aliphatic hydroxyl groups is 1. The molecule has 2 saturated carbocycles. The fraction of sp³-hybridized carbons (Fsp3) is 0.750. The van der Waals surface area contributed by atoms with Crippen LogP contribution in [0.4, 0.5) is 13.2 Å². The number of ketones is 1. The fourth-order valence-corrected chi connectivity index (χ4v) is 6.42. The van der Waals surface area contributed by atoms with Gasteiger partial charge >= 0.3 is 6.18 Å². The van der Waals surface area contributed by atoms with Crippen LogP contribution in [0.1, 0.15) is 52.4 Å². The van der Waals surface area contributed by atoms with E-state index in [1.165, 1.54) is 0 Å². The third-order valence-corrected chi connectivity index (χ3v) is 7.90. The molecule has 1 N–H and O–H groups in total. The van der Waals surface area contributed by atoms with Gasteiger partial charge in [0.1, 0.15) is 5.57 Å². The van der Waals surface area contributed by atoms with E-state index < -0.39 is 22.9 Å². The average molecular weight is 354 g/mol. The van der Waals surface area contributed by atoms with Crippen molar-refractivity contribution in [3.05, 3.63) is 23.3 Å². The minimum atomic E-state index is -4.59. The third-order valence-electron chi connectivity index (χ3n) is 7.90. The lowest BCUT2D eigenvalue weighted by Crippen LogP contribution is -2.50. The van der Waals surface area contributed by atoms with E-state index in [2.05, 4.69) is 6.92 Å². The van der Waals surface area contributed by atoms with Crippen molar-refractivity contribution in [3.8, 4) is 0 Å². The maximum Gasteiger partial charge on any atom is 0.420 e. The molecule has 0 aromatic rings. The number of allylic oxidation sites excluding steroid dienone is 4. The second kappa shape index (κ2) is 5.21. The highest BCUT2D eigenvalue weighted by molar-refractivity contribution is 5.99. The minimum Gasteiger partial charge on any atom is -0.393 e. The fourth-order valence-electron chi connectivity index (χ4n) is 6.42. The Morgan fingerprint density at radius 2 is 1.84 bits per heavy atom. The van der Waals surface area contributed by atoms with E-state index in [-0.39, 0.29) is 35.3 Å². The number of aliphatic hydroxyl groups excluding tert-OH is 1. The summed E-state index contributed by atoms with van der Waals surface area (Å²) in [5, 5.41) is 10.4. The topological polar surface area (TPSA) is 37.3 Å². The van der Waals surface area contributed by atoms with Gasteiger partial charge in [-0.05, 0) is 66.3 Å². The zero-order chi connectivity index (χ0) is 18.2. The quantitative estimate of drug-likeness (QED) is 0.691. The maximum absolute atomic E-state index is 13.5. The van der Waals surface area contributed by atoms with Gasteiger partial charge in [0.05, 0.1) is 6.10 Å². The monoisotopic (exact) mass is 354 g/mol. The number of alkyl halides is 3. The van der Waals surface area contributed by atoms with Crippen LogP contribution in [-0.4, -0.2) is 23.2 Å². The molecule has 138 valence electrons. The van der Waals surface area contributed by atoms with Crippen LogP contribution in [0.25, 0.3) is 0 Å². The summed E-state index contributed by atoms with van der Waals surface area (Å²) in [6, 6.07) is 0. The number of carbonyl (C=O) groups is 1. The van der Waals surface area contributed by atoms with Gasteiger partial charge in [0, 0.05) is 6.42 Å². The summed E-state index contributed by atoms with van der Waals surface area (Å²) in [4.78, 5) is 12.0. The molecular formula is C20H25F3O2. The normalized spacial score (nSPS) is 46.7. The second-order valence-electron chi connectivity index (χ2n) is 8.91. The molecule has 0 aromatic heterocycles. The number of rotatable bonds is 0. The van der Waals surface area contributed by atoms with Crippen molar-refractivity contribution in [1.29, 1.82) is 0 Å². The first-order chi connectivity index (χ1) is 11.6. The number of hydrogen-bond donors (Lipinski definition) is 1. The van der Waals surface area contributed by atoms with Crippen LogP contribution in [0.5, 0.6) is 0 Å². The van der Waals surface area contributed by atoms with Crippen molar-refractivity contribution >= 4 is 5.78 Å². The van der Waals surface area contributed by atoms with E-state index in [4.69, 9.17) is 0 Å². The molecule has 0 radical (unpaired) electrons. The highest BCUT2D eigenvalue weighted by atomic mass is 19.4. The van der Waals surface area contributed by atoms with E-state index in [0.29, 0.717) is 12.3 Å². The Hall–Kier alpha value is -1.10. The first kappa shape index (κ1) is 17.3. The van der Waals surface area contributed by atoms with Gasteiger partial charge in [-0.15, -0.1) is 0 Å². The van der Waals surface area contributed by atoms with Crippen LogP contribution in [-0.2, 0) is 4.79 Å². The summed E-state index contributed by atoms with van der Waals surface area (Å²) < 4.78 is 40.6. The Morgan fingerprint density at radius 3 is 2.52 bits per heavy atom. The lowest BCUT2D eigenvalue weighted by molar-refractivity contribution is -0.133. The van der Waals surface area contributed by atoms with Gasteiger partial charge in [-0.3, -0.25) is 4.79 Å². The van der Waals surface area contributed by atoms with E-state index in [1.54, 1.807) is 6.08 Å². The van der Waals surface area contributed by atoms with Crippen molar-refractivity contribution in [2.75, 3.05) is 0 Å². The van der Waals surface area contributed by atoms with Gasteiger partial charge in [-0.2, -0.15) is 13.2 Å². The SMILES string of the molecule is CC12CCC(=O)C(C(F)(F)F)=C1C=CC1C2CCC2(C)C(O)CCC12. The average Bonchev–Trinajstić information content (AvgIpc) is 2.82. The molecule has 6 atom stereocenters. The minimum absolute atomic E-state index is 0.0174. The Bertz CT molecular complexity index is 677. The Labute approximate surface area is 146 Å². The van der Waals surface area contributed by atoms with Crippen molar-refractivity contribution in [3.63, 3.8) is 0 Å². The highest BCUT2D eigenvalue weighted by Gasteiger charge is 2.59. The molecule has 4 aliphatic rings. The molecule has 0 aromatic carbocycles. The summed E-state index contributed by atoms with van der Waals surface area (Å²) >= 11 is 0. The molecule has 4 rings (SSSR count). The van der Waals surface area contributed by atoms with Crippen molar-refractivity contribution in [2.45, 2.75) is 64.7 Å². The summed E-state index contributed by atoms with van der Waals surface area (Å²) in [6.07, 6.45) is 2.49. The molecular weight excluding hydrogens is 329 g/mol. The van der Waals surface area contributed by atoms with Gasteiger partial charge in [-0.1, -0.05) is 26.0 Å². The summed E-state index contributed by atoms with van der Waals surface area (Å²) in [6.45, 7) is 4.06. The first-order valence-corrected chi connectivity index (χ1v) is 9.30. The Kier molecular flexibility index (Phi) is 3.61. The predicted molar refractivity (Wildman–Crippen MR) is 87.6 cm³/mol. The van der Waals surface area contributed by atoms with Crippen molar-refractivity contribution < 1.29 is 23.1 Å². The van der Waals surface area contributed by atoms with Gasteiger partial charge in [0.25, 0.3) is 0 Å². The van der Waals surface area contributed by atoms with Gasteiger partial charge in [0.15, 0.2) is 5.78 Å². The molecule has 5 heteroatoms. The molecule has 0 spiro atoms. The van der Waals surface area contributed by atoms with Crippen LogP contribution < -0.4 is 0 Å². The smallest absolute Gasteiger partial charge is 0.393 e. The first-order valence-electron chi connectivity index (χ1n) is 9.30. The molecule has 0 aliphatic heterocycles. The van der Waals surface area contributed by atoms with Crippen LogP contribution in [0.15, 0.2) is 23.3 Å². The Balaban J connectivity index is 1.82. The van der Waals surface area contributed by atoms with Gasteiger partial charge in [-0.25, -0.2) is 0 Å². The number of hydrogen-bond acceptors (Lipinski definition) is 2. The molecule has 0 saturated heterocycles. The molecule has 0 amide bonds. The predicted octanol–water partition coefficient (Wildman–Crippen LogP) is 4.59. The zero-order valence-corrected chi connectivity index (χ0v) is 14.7. The number of carbonyl (C=O) groups excluding carboxylic acids is 1.